The van der Waals surface area contributed by atoms with Crippen molar-refractivity contribution in [1.82, 2.24) is 25.4 Å². The zero-order valence-electron chi connectivity index (χ0n) is 16.4. The highest BCUT2D eigenvalue weighted by Gasteiger charge is 2.15. The number of carbonyl (C=O) groups excluding carboxylic acids is 2. The molecule has 27 heavy (non-hydrogen) atoms. The Bertz CT molecular complexity index is 778. The summed E-state index contributed by atoms with van der Waals surface area (Å²) in [5.41, 5.74) is 1.88. The second-order valence-electron chi connectivity index (χ2n) is 7.59. The van der Waals surface area contributed by atoms with Gasteiger partial charge < -0.3 is 10.6 Å². The second-order valence-corrected chi connectivity index (χ2v) is 8.54. The molecule has 1 aromatic heterocycles. The zero-order valence-corrected chi connectivity index (χ0v) is 17.3. The van der Waals surface area contributed by atoms with Crippen LogP contribution in [0.2, 0.25) is 0 Å². The monoisotopic (exact) mass is 389 g/mol. The molecule has 0 atom stereocenters. The molecule has 2 rings (SSSR count). The molecular weight excluding hydrogens is 362 g/mol. The van der Waals surface area contributed by atoms with E-state index in [4.69, 9.17) is 0 Å². The first-order chi connectivity index (χ1) is 12.7. The summed E-state index contributed by atoms with van der Waals surface area (Å²) in [7, 11) is 0. The van der Waals surface area contributed by atoms with Crippen molar-refractivity contribution in [2.75, 3.05) is 12.3 Å². The van der Waals surface area contributed by atoms with Gasteiger partial charge in [0.15, 0.2) is 5.16 Å². The molecule has 2 aromatic rings. The first-order valence-electron chi connectivity index (χ1n) is 8.86. The van der Waals surface area contributed by atoms with Crippen LogP contribution in [-0.2, 0) is 9.59 Å². The van der Waals surface area contributed by atoms with E-state index in [9.17, 15) is 9.59 Å². The lowest BCUT2D eigenvalue weighted by molar-refractivity contribution is -0.125. The highest BCUT2D eigenvalue weighted by molar-refractivity contribution is 7.99. The van der Waals surface area contributed by atoms with Crippen LogP contribution in [0, 0.1) is 0 Å². The molecule has 0 aliphatic carbocycles. The molecule has 146 valence electrons. The summed E-state index contributed by atoms with van der Waals surface area (Å²) in [6, 6.07) is 8.18. The van der Waals surface area contributed by atoms with Gasteiger partial charge in [0.25, 0.3) is 0 Å². The first-order valence-corrected chi connectivity index (χ1v) is 9.85. The van der Waals surface area contributed by atoms with Gasteiger partial charge in [0.05, 0.1) is 12.3 Å². The van der Waals surface area contributed by atoms with Crippen LogP contribution in [0.1, 0.15) is 46.1 Å². The van der Waals surface area contributed by atoms with Crippen LogP contribution >= 0.6 is 11.8 Å². The molecule has 0 bridgehead atoms. The molecule has 0 saturated heterocycles. The van der Waals surface area contributed by atoms with E-state index < -0.39 is 0 Å². The Labute approximate surface area is 164 Å². The molecular formula is C19H27N5O2S. The molecule has 0 radical (unpaired) electrons. The molecule has 8 heteroatoms. The van der Waals surface area contributed by atoms with Gasteiger partial charge in [0.2, 0.25) is 11.8 Å². The van der Waals surface area contributed by atoms with Crippen molar-refractivity contribution in [3.05, 3.63) is 36.2 Å². The van der Waals surface area contributed by atoms with E-state index in [0.717, 1.165) is 5.69 Å². The normalized spacial score (nSPS) is 11.5. The maximum Gasteiger partial charge on any atom is 0.239 e. The number of nitrogens with one attached hydrogen (secondary N) is 2. The number of rotatable bonds is 7. The topological polar surface area (TPSA) is 88.9 Å². The van der Waals surface area contributed by atoms with Gasteiger partial charge in [-0.1, -0.05) is 37.7 Å². The SMILES string of the molecule is CC(C)c1ccc(-n2cnnc2SCC(=O)NCC(=O)NC(C)(C)C)cc1. The highest BCUT2D eigenvalue weighted by atomic mass is 32.2. The van der Waals surface area contributed by atoms with E-state index >= 15 is 0 Å². The summed E-state index contributed by atoms with van der Waals surface area (Å²) in [6.45, 7) is 9.93. The predicted molar refractivity (Wildman–Crippen MR) is 107 cm³/mol. The molecule has 0 aliphatic heterocycles. The number of benzene rings is 1. The van der Waals surface area contributed by atoms with Gasteiger partial charge in [-0.05, 0) is 44.4 Å². The van der Waals surface area contributed by atoms with Crippen LogP contribution < -0.4 is 10.6 Å². The Morgan fingerprint density at radius 2 is 1.81 bits per heavy atom. The minimum atomic E-state index is -0.321. The Balaban J connectivity index is 1.89. The fourth-order valence-corrected chi connectivity index (χ4v) is 3.10. The van der Waals surface area contributed by atoms with Gasteiger partial charge >= 0.3 is 0 Å². The largest absolute Gasteiger partial charge is 0.350 e. The summed E-state index contributed by atoms with van der Waals surface area (Å²) in [5.74, 6) is 0.182. The summed E-state index contributed by atoms with van der Waals surface area (Å²) in [4.78, 5) is 23.8. The quantitative estimate of drug-likeness (QED) is 0.711. The number of hydrogen-bond donors (Lipinski definition) is 2. The minimum Gasteiger partial charge on any atom is -0.350 e. The average Bonchev–Trinajstić information content (AvgIpc) is 3.05. The van der Waals surface area contributed by atoms with Gasteiger partial charge in [-0.25, -0.2) is 0 Å². The van der Waals surface area contributed by atoms with Crippen LogP contribution in [0.5, 0.6) is 0 Å². The van der Waals surface area contributed by atoms with E-state index in [2.05, 4.69) is 46.8 Å². The number of aromatic nitrogens is 3. The third-order valence-corrected chi connectivity index (χ3v) is 4.59. The number of nitrogens with zero attached hydrogens (tertiary/aromatic N) is 3. The van der Waals surface area contributed by atoms with Crippen molar-refractivity contribution in [3.8, 4) is 5.69 Å². The molecule has 2 amide bonds. The van der Waals surface area contributed by atoms with Gasteiger partial charge in [0, 0.05) is 11.2 Å². The second kappa shape index (κ2) is 9.03. The maximum absolute atomic E-state index is 12.0. The van der Waals surface area contributed by atoms with Crippen molar-refractivity contribution in [2.45, 2.75) is 51.2 Å². The Kier molecular flexibility index (Phi) is 7.01. The Hall–Kier alpha value is -2.35. The lowest BCUT2D eigenvalue weighted by Gasteiger charge is -2.20. The van der Waals surface area contributed by atoms with Gasteiger partial charge in [0.1, 0.15) is 6.33 Å². The van der Waals surface area contributed by atoms with Crippen LogP contribution in [0.15, 0.2) is 35.7 Å². The fraction of sp³-hybridized carbons (Fsp3) is 0.474. The van der Waals surface area contributed by atoms with Crippen LogP contribution in [0.3, 0.4) is 0 Å². The summed E-state index contributed by atoms with van der Waals surface area (Å²) in [6.07, 6.45) is 1.63. The molecule has 0 spiro atoms. The number of hydrogen-bond acceptors (Lipinski definition) is 5. The molecule has 2 N–H and O–H groups in total. The van der Waals surface area contributed by atoms with Gasteiger partial charge in [-0.3, -0.25) is 14.2 Å². The summed E-state index contributed by atoms with van der Waals surface area (Å²) >= 11 is 1.28. The predicted octanol–water partition coefficient (Wildman–Crippen LogP) is 2.51. The molecule has 1 heterocycles. The van der Waals surface area contributed by atoms with Crippen LogP contribution in [-0.4, -0.2) is 44.4 Å². The van der Waals surface area contributed by atoms with Crippen molar-refractivity contribution < 1.29 is 9.59 Å². The first kappa shape index (κ1) is 21.0. The lowest BCUT2D eigenvalue weighted by Crippen LogP contribution is -2.46. The van der Waals surface area contributed by atoms with Crippen molar-refractivity contribution in [3.63, 3.8) is 0 Å². The van der Waals surface area contributed by atoms with Crippen molar-refractivity contribution in [2.24, 2.45) is 0 Å². The number of thioether (sulfide) groups is 1. The molecule has 0 saturated carbocycles. The number of carbonyl (C=O) groups is 2. The third kappa shape index (κ3) is 6.71. The average molecular weight is 390 g/mol. The zero-order chi connectivity index (χ0) is 20.0. The highest BCUT2D eigenvalue weighted by Crippen LogP contribution is 2.21. The maximum atomic E-state index is 12.0. The van der Waals surface area contributed by atoms with Crippen molar-refractivity contribution >= 4 is 23.6 Å². The Morgan fingerprint density at radius 3 is 2.41 bits per heavy atom. The smallest absolute Gasteiger partial charge is 0.239 e. The molecule has 7 nitrogen and oxygen atoms in total. The number of amides is 2. The van der Waals surface area contributed by atoms with E-state index in [0.29, 0.717) is 11.1 Å². The van der Waals surface area contributed by atoms with Gasteiger partial charge in [-0.2, -0.15) is 0 Å². The molecule has 0 fully saturated rings. The minimum absolute atomic E-state index is 0.0416. The van der Waals surface area contributed by atoms with Crippen LogP contribution in [0.25, 0.3) is 5.69 Å². The fourth-order valence-electron chi connectivity index (χ4n) is 2.34. The van der Waals surface area contributed by atoms with E-state index in [1.807, 2.05) is 37.5 Å². The van der Waals surface area contributed by atoms with Gasteiger partial charge in [-0.15, -0.1) is 10.2 Å². The third-order valence-electron chi connectivity index (χ3n) is 3.65. The van der Waals surface area contributed by atoms with E-state index in [1.54, 1.807) is 6.33 Å². The van der Waals surface area contributed by atoms with Crippen molar-refractivity contribution in [1.29, 1.82) is 0 Å². The molecule has 1 aromatic carbocycles. The molecule has 0 unspecified atom stereocenters. The molecule has 0 aliphatic rings. The Morgan fingerprint density at radius 1 is 1.15 bits per heavy atom. The summed E-state index contributed by atoms with van der Waals surface area (Å²) < 4.78 is 1.84. The summed E-state index contributed by atoms with van der Waals surface area (Å²) in [5, 5.41) is 14.1. The van der Waals surface area contributed by atoms with E-state index in [-0.39, 0.29) is 29.7 Å². The standard InChI is InChI=1S/C19H27N5O2S/c1-13(2)14-6-8-15(9-7-14)24-12-21-23-18(24)27-11-17(26)20-10-16(25)22-19(3,4)5/h6-9,12-13H,10-11H2,1-5H3,(H,20,26)(H,22,25). The van der Waals surface area contributed by atoms with Crippen LogP contribution in [0.4, 0.5) is 0 Å². The lowest BCUT2D eigenvalue weighted by atomic mass is 10.0. The van der Waals surface area contributed by atoms with E-state index in [1.165, 1.54) is 17.3 Å².